The van der Waals surface area contributed by atoms with Crippen molar-refractivity contribution in [3.8, 4) is 0 Å². The number of anilines is 2. The molecule has 0 radical (unpaired) electrons. The van der Waals surface area contributed by atoms with Crippen LogP contribution < -0.4 is 10.5 Å². The Labute approximate surface area is 142 Å². The van der Waals surface area contributed by atoms with Gasteiger partial charge in [-0.3, -0.25) is 9.27 Å². The fraction of sp³-hybridized carbons (Fsp3) is 0. The number of hydrogen-bond donors (Lipinski definition) is 3. The molecule has 124 valence electrons. The number of nitrogens with one attached hydrogen (secondary N) is 1. The van der Waals surface area contributed by atoms with E-state index >= 15 is 0 Å². The molecule has 0 saturated carbocycles. The van der Waals surface area contributed by atoms with Gasteiger partial charge in [-0.05, 0) is 24.3 Å². The number of benzene rings is 2. The molecular weight excluding hydrogens is 387 g/mol. The lowest BCUT2D eigenvalue weighted by Gasteiger charge is -2.12. The van der Waals surface area contributed by atoms with Crippen molar-refractivity contribution in [1.82, 2.24) is 0 Å². The number of rotatable bonds is 4. The second kappa shape index (κ2) is 6.17. The fourth-order valence-corrected chi connectivity index (χ4v) is 4.31. The van der Waals surface area contributed by atoms with Crippen LogP contribution >= 0.6 is 23.2 Å². The topological polar surface area (TPSA) is 127 Å². The monoisotopic (exact) mass is 396 g/mol. The Morgan fingerprint density at radius 3 is 2.17 bits per heavy atom. The summed E-state index contributed by atoms with van der Waals surface area (Å²) in [6, 6.07) is 7.14. The summed E-state index contributed by atoms with van der Waals surface area (Å²) < 4.78 is 58.6. The van der Waals surface area contributed by atoms with Crippen molar-refractivity contribution in [2.24, 2.45) is 0 Å². The summed E-state index contributed by atoms with van der Waals surface area (Å²) in [5.41, 5.74) is 5.28. The van der Waals surface area contributed by atoms with Crippen LogP contribution in [0.3, 0.4) is 0 Å². The van der Waals surface area contributed by atoms with Gasteiger partial charge in [-0.1, -0.05) is 35.3 Å². The molecule has 0 unspecified atom stereocenters. The largest absolute Gasteiger partial charge is 0.397 e. The van der Waals surface area contributed by atoms with Gasteiger partial charge in [-0.15, -0.1) is 0 Å². The van der Waals surface area contributed by atoms with Gasteiger partial charge in [0.1, 0.15) is 9.79 Å². The first-order valence-corrected chi connectivity index (χ1v) is 9.54. The van der Waals surface area contributed by atoms with Gasteiger partial charge in [-0.25, -0.2) is 8.42 Å². The van der Waals surface area contributed by atoms with E-state index in [-0.39, 0.29) is 26.3 Å². The van der Waals surface area contributed by atoms with E-state index in [1.54, 1.807) is 0 Å². The molecule has 4 N–H and O–H groups in total. The maximum atomic E-state index is 12.4. The molecule has 2 rings (SSSR count). The lowest BCUT2D eigenvalue weighted by atomic mass is 10.3. The molecule has 2 aromatic rings. The summed E-state index contributed by atoms with van der Waals surface area (Å²) in [4.78, 5) is -0.982. The molecule has 0 aliphatic carbocycles. The first-order valence-electron chi connectivity index (χ1n) is 5.86. The van der Waals surface area contributed by atoms with Crippen LogP contribution in [0, 0.1) is 0 Å². The standard InChI is InChI=1S/C12H10Cl2N2O5S2/c13-7-6-12(8(14)5-9(7)15)22(17,18)16-10-3-1-2-4-11(10)23(19,20)21/h1-6,16H,15H2,(H,19,20,21). The molecule has 0 fully saturated rings. The van der Waals surface area contributed by atoms with Crippen molar-refractivity contribution in [3.05, 3.63) is 46.4 Å². The van der Waals surface area contributed by atoms with Crippen LogP contribution in [0.25, 0.3) is 0 Å². The number of halogens is 2. The highest BCUT2D eigenvalue weighted by Gasteiger charge is 2.23. The van der Waals surface area contributed by atoms with Gasteiger partial charge in [0.2, 0.25) is 0 Å². The van der Waals surface area contributed by atoms with E-state index < -0.39 is 25.0 Å². The summed E-state index contributed by atoms with van der Waals surface area (Å²) in [5, 5.41) is -0.221. The van der Waals surface area contributed by atoms with E-state index in [1.807, 2.05) is 4.72 Å². The molecule has 23 heavy (non-hydrogen) atoms. The summed E-state index contributed by atoms with van der Waals surface area (Å²) in [5.74, 6) is 0. The summed E-state index contributed by atoms with van der Waals surface area (Å²) >= 11 is 11.6. The molecule has 0 aliphatic rings. The Morgan fingerprint density at radius 1 is 0.957 bits per heavy atom. The van der Waals surface area contributed by atoms with E-state index in [0.29, 0.717) is 0 Å². The van der Waals surface area contributed by atoms with Crippen molar-refractivity contribution in [2.75, 3.05) is 10.5 Å². The minimum atomic E-state index is -4.62. The minimum Gasteiger partial charge on any atom is -0.397 e. The first kappa shape index (κ1) is 17.8. The highest BCUT2D eigenvalue weighted by atomic mass is 35.5. The van der Waals surface area contributed by atoms with E-state index in [2.05, 4.69) is 0 Å². The normalized spacial score (nSPS) is 12.1. The third-order valence-electron chi connectivity index (χ3n) is 2.75. The van der Waals surface area contributed by atoms with Gasteiger partial charge in [0.05, 0.1) is 21.4 Å². The zero-order chi connectivity index (χ0) is 17.4. The summed E-state index contributed by atoms with van der Waals surface area (Å²) in [6.07, 6.45) is 0. The van der Waals surface area contributed by atoms with Gasteiger partial charge in [0.25, 0.3) is 20.1 Å². The van der Waals surface area contributed by atoms with Crippen molar-refractivity contribution in [1.29, 1.82) is 0 Å². The van der Waals surface area contributed by atoms with Gasteiger partial charge in [0, 0.05) is 0 Å². The van der Waals surface area contributed by atoms with E-state index in [9.17, 15) is 16.8 Å². The van der Waals surface area contributed by atoms with E-state index in [1.165, 1.54) is 18.2 Å². The first-order chi connectivity index (χ1) is 10.5. The van der Waals surface area contributed by atoms with Crippen molar-refractivity contribution in [3.63, 3.8) is 0 Å². The molecule has 0 saturated heterocycles. The Bertz CT molecular complexity index is 975. The van der Waals surface area contributed by atoms with Gasteiger partial charge in [-0.2, -0.15) is 8.42 Å². The zero-order valence-electron chi connectivity index (χ0n) is 11.2. The van der Waals surface area contributed by atoms with Gasteiger partial charge >= 0.3 is 0 Å². The average molecular weight is 397 g/mol. The molecule has 0 atom stereocenters. The van der Waals surface area contributed by atoms with Crippen LogP contribution in [0.5, 0.6) is 0 Å². The average Bonchev–Trinajstić information content (AvgIpc) is 2.41. The highest BCUT2D eigenvalue weighted by molar-refractivity contribution is 7.93. The fourth-order valence-electron chi connectivity index (χ4n) is 1.73. The SMILES string of the molecule is Nc1cc(Cl)c(S(=O)(=O)Nc2ccccc2S(=O)(=O)O)cc1Cl. The third kappa shape index (κ3) is 3.88. The second-order valence-corrected chi connectivity index (χ2v) is 8.24. The van der Waals surface area contributed by atoms with Crippen LogP contribution in [0.1, 0.15) is 0 Å². The Hall–Kier alpha value is -1.52. The molecule has 7 nitrogen and oxygen atoms in total. The number of para-hydroxylation sites is 1. The zero-order valence-corrected chi connectivity index (χ0v) is 14.3. The highest BCUT2D eigenvalue weighted by Crippen LogP contribution is 2.32. The Balaban J connectivity index is 2.55. The smallest absolute Gasteiger partial charge is 0.296 e. The molecule has 0 spiro atoms. The summed E-state index contributed by atoms with van der Waals surface area (Å²) in [7, 11) is -8.88. The van der Waals surface area contributed by atoms with Crippen molar-refractivity contribution >= 4 is 54.7 Å². The molecule has 0 heterocycles. The lowest BCUT2D eigenvalue weighted by Crippen LogP contribution is -2.16. The minimum absolute atomic E-state index is 0.0298. The maximum Gasteiger partial charge on any atom is 0.296 e. The number of hydrogen-bond acceptors (Lipinski definition) is 5. The van der Waals surface area contributed by atoms with Gasteiger partial charge < -0.3 is 5.73 Å². The third-order valence-corrected chi connectivity index (χ3v) is 5.82. The van der Waals surface area contributed by atoms with Crippen molar-refractivity contribution in [2.45, 2.75) is 9.79 Å². The Kier molecular flexibility index (Phi) is 4.79. The van der Waals surface area contributed by atoms with E-state index in [4.69, 9.17) is 33.5 Å². The van der Waals surface area contributed by atoms with Gasteiger partial charge in [0.15, 0.2) is 0 Å². The van der Waals surface area contributed by atoms with Crippen LogP contribution in [-0.4, -0.2) is 21.4 Å². The molecule has 0 aromatic heterocycles. The van der Waals surface area contributed by atoms with Crippen molar-refractivity contribution < 1.29 is 21.4 Å². The number of nitrogen functional groups attached to an aromatic ring is 1. The van der Waals surface area contributed by atoms with Crippen LogP contribution in [-0.2, 0) is 20.1 Å². The van der Waals surface area contributed by atoms with Crippen LogP contribution in [0.4, 0.5) is 11.4 Å². The second-order valence-electron chi connectivity index (χ2n) is 4.38. The molecule has 2 aromatic carbocycles. The van der Waals surface area contributed by atoms with E-state index in [0.717, 1.165) is 18.2 Å². The number of nitrogens with two attached hydrogens (primary N) is 1. The quantitative estimate of drug-likeness (QED) is 0.538. The number of sulfonamides is 1. The predicted octanol–water partition coefficient (Wildman–Crippen LogP) is 2.62. The lowest BCUT2D eigenvalue weighted by molar-refractivity contribution is 0.483. The molecule has 0 bridgehead atoms. The molecule has 0 aliphatic heterocycles. The van der Waals surface area contributed by atoms with Crippen LogP contribution in [0.15, 0.2) is 46.2 Å². The predicted molar refractivity (Wildman–Crippen MR) is 87.9 cm³/mol. The molecule has 11 heteroatoms. The summed E-state index contributed by atoms with van der Waals surface area (Å²) in [6.45, 7) is 0. The maximum absolute atomic E-state index is 12.4. The molecular formula is C12H10Cl2N2O5S2. The molecule has 0 amide bonds. The van der Waals surface area contributed by atoms with Crippen LogP contribution in [0.2, 0.25) is 10.0 Å². The Morgan fingerprint density at radius 2 is 1.57 bits per heavy atom.